The van der Waals surface area contributed by atoms with E-state index < -0.39 is 0 Å². The first-order chi connectivity index (χ1) is 9.97. The molecule has 0 amide bonds. The molecule has 1 heterocycles. The summed E-state index contributed by atoms with van der Waals surface area (Å²) in [6, 6.07) is 8.53. The number of aryl methyl sites for hydroxylation is 1. The van der Waals surface area contributed by atoms with Crippen molar-refractivity contribution in [3.63, 3.8) is 0 Å². The summed E-state index contributed by atoms with van der Waals surface area (Å²) in [5.41, 5.74) is 1.63. The number of rotatable bonds is 5. The molecular weight excluding hydrogens is 265 g/mol. The maximum absolute atomic E-state index is 13.1. The van der Waals surface area contributed by atoms with Gasteiger partial charge in [0.15, 0.2) is 0 Å². The van der Waals surface area contributed by atoms with E-state index in [1.54, 1.807) is 12.1 Å². The third kappa shape index (κ3) is 3.38. The van der Waals surface area contributed by atoms with Crippen LogP contribution < -0.4 is 5.32 Å². The molecule has 3 nitrogen and oxygen atoms in total. The van der Waals surface area contributed by atoms with E-state index in [0.717, 1.165) is 35.9 Å². The second-order valence-corrected chi connectivity index (χ2v) is 5.58. The maximum atomic E-state index is 13.1. The molecule has 0 saturated heterocycles. The number of nitrogens with zero attached hydrogens (tertiary/aromatic N) is 2. The number of hydrogen-bond donors (Lipinski definition) is 1. The minimum Gasteiger partial charge on any atom is -0.370 e. The van der Waals surface area contributed by atoms with Crippen molar-refractivity contribution < 1.29 is 4.39 Å². The lowest BCUT2D eigenvalue weighted by atomic mass is 9.83. The molecule has 0 spiro atoms. The van der Waals surface area contributed by atoms with Crippen LogP contribution in [-0.2, 0) is 11.8 Å². The molecule has 0 bridgehead atoms. The highest BCUT2D eigenvalue weighted by atomic mass is 19.1. The standard InChI is InChI=1S/C17H22FN3/c1-5-14-11-15(19-6-2)21-16(20-14)17(3,4)12-7-9-13(18)10-8-12/h7-11H,5-6H2,1-4H3,(H,19,20,21). The molecule has 0 aliphatic rings. The van der Waals surface area contributed by atoms with Gasteiger partial charge in [0.25, 0.3) is 0 Å². The van der Waals surface area contributed by atoms with Gasteiger partial charge in [-0.05, 0) is 44.9 Å². The Morgan fingerprint density at radius 2 is 1.76 bits per heavy atom. The minimum absolute atomic E-state index is 0.230. The first-order valence-electron chi connectivity index (χ1n) is 7.35. The van der Waals surface area contributed by atoms with Gasteiger partial charge in [0.2, 0.25) is 0 Å². The van der Waals surface area contributed by atoms with Crippen LogP contribution in [0.4, 0.5) is 10.2 Å². The van der Waals surface area contributed by atoms with Crippen molar-refractivity contribution in [2.75, 3.05) is 11.9 Å². The Labute approximate surface area is 125 Å². The molecule has 4 heteroatoms. The fourth-order valence-electron chi connectivity index (χ4n) is 2.23. The summed E-state index contributed by atoms with van der Waals surface area (Å²) in [7, 11) is 0. The molecule has 0 atom stereocenters. The molecule has 2 aromatic rings. The van der Waals surface area contributed by atoms with Crippen molar-refractivity contribution in [2.45, 2.75) is 39.5 Å². The number of benzene rings is 1. The molecular formula is C17H22FN3. The third-order valence-corrected chi connectivity index (χ3v) is 3.62. The highest BCUT2D eigenvalue weighted by Gasteiger charge is 2.27. The Morgan fingerprint density at radius 3 is 2.33 bits per heavy atom. The van der Waals surface area contributed by atoms with E-state index in [2.05, 4.69) is 36.1 Å². The van der Waals surface area contributed by atoms with Gasteiger partial charge >= 0.3 is 0 Å². The van der Waals surface area contributed by atoms with E-state index in [1.165, 1.54) is 12.1 Å². The molecule has 2 rings (SSSR count). The van der Waals surface area contributed by atoms with Crippen LogP contribution in [0, 0.1) is 5.82 Å². The zero-order chi connectivity index (χ0) is 15.5. The normalized spacial score (nSPS) is 11.5. The molecule has 0 saturated carbocycles. The fraction of sp³-hybridized carbons (Fsp3) is 0.412. The van der Waals surface area contributed by atoms with Crippen LogP contribution in [0.25, 0.3) is 0 Å². The summed E-state index contributed by atoms with van der Waals surface area (Å²) in [5.74, 6) is 1.37. The maximum Gasteiger partial charge on any atom is 0.140 e. The Hall–Kier alpha value is -1.97. The quantitative estimate of drug-likeness (QED) is 0.905. The van der Waals surface area contributed by atoms with Gasteiger partial charge < -0.3 is 5.32 Å². The lowest BCUT2D eigenvalue weighted by molar-refractivity contribution is 0.580. The molecule has 112 valence electrons. The second-order valence-electron chi connectivity index (χ2n) is 5.58. The van der Waals surface area contributed by atoms with Crippen LogP contribution >= 0.6 is 0 Å². The predicted octanol–water partition coefficient (Wildman–Crippen LogP) is 3.94. The molecule has 0 unspecified atom stereocenters. The van der Waals surface area contributed by atoms with E-state index >= 15 is 0 Å². The average molecular weight is 287 g/mol. The molecule has 0 aliphatic heterocycles. The minimum atomic E-state index is -0.372. The zero-order valence-electron chi connectivity index (χ0n) is 13.1. The summed E-state index contributed by atoms with van der Waals surface area (Å²) in [4.78, 5) is 9.29. The Morgan fingerprint density at radius 1 is 1.10 bits per heavy atom. The monoisotopic (exact) mass is 287 g/mol. The molecule has 1 aromatic carbocycles. The molecule has 0 fully saturated rings. The van der Waals surface area contributed by atoms with Gasteiger partial charge in [-0.3, -0.25) is 0 Å². The molecule has 0 aliphatic carbocycles. The second kappa shape index (κ2) is 6.20. The smallest absolute Gasteiger partial charge is 0.140 e. The first-order valence-corrected chi connectivity index (χ1v) is 7.35. The first kappa shape index (κ1) is 15.4. The van der Waals surface area contributed by atoms with Gasteiger partial charge in [0.05, 0.1) is 0 Å². The summed E-state index contributed by atoms with van der Waals surface area (Å²) >= 11 is 0. The van der Waals surface area contributed by atoms with Crippen molar-refractivity contribution in [1.82, 2.24) is 9.97 Å². The number of aromatic nitrogens is 2. The van der Waals surface area contributed by atoms with Gasteiger partial charge in [-0.2, -0.15) is 0 Å². The molecule has 0 radical (unpaired) electrons. The number of hydrogen-bond acceptors (Lipinski definition) is 3. The van der Waals surface area contributed by atoms with Crippen molar-refractivity contribution in [3.05, 3.63) is 53.2 Å². The van der Waals surface area contributed by atoms with E-state index in [4.69, 9.17) is 0 Å². The fourth-order valence-corrected chi connectivity index (χ4v) is 2.23. The Balaban J connectivity index is 2.47. The van der Waals surface area contributed by atoms with Crippen LogP contribution in [0.3, 0.4) is 0 Å². The largest absolute Gasteiger partial charge is 0.370 e. The lowest BCUT2D eigenvalue weighted by Crippen LogP contribution is -2.24. The topological polar surface area (TPSA) is 37.8 Å². The average Bonchev–Trinajstić information content (AvgIpc) is 2.47. The van der Waals surface area contributed by atoms with Gasteiger partial charge in [-0.1, -0.05) is 19.1 Å². The van der Waals surface area contributed by atoms with Crippen LogP contribution in [0.15, 0.2) is 30.3 Å². The Kier molecular flexibility index (Phi) is 4.56. The van der Waals surface area contributed by atoms with E-state index in [9.17, 15) is 4.39 Å². The summed E-state index contributed by atoms with van der Waals surface area (Å²) < 4.78 is 13.1. The SMILES string of the molecule is CCNc1cc(CC)nc(C(C)(C)c2ccc(F)cc2)n1. The zero-order valence-corrected chi connectivity index (χ0v) is 13.1. The van der Waals surface area contributed by atoms with E-state index in [1.807, 2.05) is 13.0 Å². The summed E-state index contributed by atoms with van der Waals surface area (Å²) in [6.45, 7) is 9.05. The van der Waals surface area contributed by atoms with E-state index in [0.29, 0.717) is 0 Å². The predicted molar refractivity (Wildman–Crippen MR) is 84.1 cm³/mol. The molecule has 1 aromatic heterocycles. The Bertz CT molecular complexity index is 606. The number of halogens is 1. The highest BCUT2D eigenvalue weighted by molar-refractivity contribution is 5.40. The third-order valence-electron chi connectivity index (χ3n) is 3.62. The number of nitrogens with one attached hydrogen (secondary N) is 1. The van der Waals surface area contributed by atoms with E-state index in [-0.39, 0.29) is 11.2 Å². The number of anilines is 1. The van der Waals surface area contributed by atoms with Crippen LogP contribution in [0.2, 0.25) is 0 Å². The van der Waals surface area contributed by atoms with Gasteiger partial charge in [-0.25, -0.2) is 14.4 Å². The van der Waals surface area contributed by atoms with Crippen molar-refractivity contribution in [2.24, 2.45) is 0 Å². The molecule has 21 heavy (non-hydrogen) atoms. The van der Waals surface area contributed by atoms with Crippen molar-refractivity contribution in [1.29, 1.82) is 0 Å². The lowest BCUT2D eigenvalue weighted by Gasteiger charge is -2.24. The van der Waals surface area contributed by atoms with Crippen LogP contribution in [0.1, 0.15) is 44.8 Å². The van der Waals surface area contributed by atoms with Gasteiger partial charge in [0, 0.05) is 23.7 Å². The van der Waals surface area contributed by atoms with Crippen LogP contribution in [0.5, 0.6) is 0 Å². The highest BCUT2D eigenvalue weighted by Crippen LogP contribution is 2.30. The van der Waals surface area contributed by atoms with Crippen molar-refractivity contribution in [3.8, 4) is 0 Å². The van der Waals surface area contributed by atoms with Gasteiger partial charge in [-0.15, -0.1) is 0 Å². The summed E-state index contributed by atoms with van der Waals surface area (Å²) in [5, 5.41) is 3.24. The van der Waals surface area contributed by atoms with Crippen LogP contribution in [-0.4, -0.2) is 16.5 Å². The van der Waals surface area contributed by atoms with Gasteiger partial charge in [0.1, 0.15) is 17.5 Å². The van der Waals surface area contributed by atoms with Crippen molar-refractivity contribution >= 4 is 5.82 Å². The molecule has 1 N–H and O–H groups in total. The summed E-state index contributed by atoms with van der Waals surface area (Å²) in [6.07, 6.45) is 0.855.